The van der Waals surface area contributed by atoms with E-state index in [0.29, 0.717) is 18.6 Å². The van der Waals surface area contributed by atoms with Crippen LogP contribution in [0.2, 0.25) is 0 Å². The number of carboxylic acids is 1. The number of amides is 2. The Bertz CT molecular complexity index is 1190. The van der Waals surface area contributed by atoms with Crippen molar-refractivity contribution in [3.8, 4) is 5.75 Å². The Balaban J connectivity index is 0.00000151. The molecule has 3 rings (SSSR count). The molecule has 0 spiro atoms. The summed E-state index contributed by atoms with van der Waals surface area (Å²) >= 11 is 0. The van der Waals surface area contributed by atoms with Crippen LogP contribution in [0, 0.1) is 11.6 Å². The number of carbonyl (C=O) groups excluding carboxylic acids is 1. The van der Waals surface area contributed by atoms with Crippen molar-refractivity contribution in [1.82, 2.24) is 15.1 Å². The number of benzene rings is 2. The van der Waals surface area contributed by atoms with Crippen LogP contribution in [0.15, 0.2) is 42.5 Å². The van der Waals surface area contributed by atoms with Crippen molar-refractivity contribution >= 4 is 12.0 Å². The van der Waals surface area contributed by atoms with Gasteiger partial charge in [0.25, 0.3) is 5.97 Å². The van der Waals surface area contributed by atoms with Crippen LogP contribution in [0.4, 0.5) is 13.6 Å². The Labute approximate surface area is 226 Å². The van der Waals surface area contributed by atoms with E-state index in [2.05, 4.69) is 5.32 Å². The summed E-state index contributed by atoms with van der Waals surface area (Å²) < 4.78 is 80.0. The van der Waals surface area contributed by atoms with Crippen LogP contribution in [-0.2, 0) is 17.9 Å². The molecule has 37 heavy (non-hydrogen) atoms. The predicted molar refractivity (Wildman–Crippen MR) is 139 cm³/mol. The minimum Gasteiger partial charge on any atom is -0.491 e. The van der Waals surface area contributed by atoms with Gasteiger partial charge in [-0.2, -0.15) is 0 Å². The molecule has 0 aliphatic carbocycles. The van der Waals surface area contributed by atoms with E-state index in [-0.39, 0.29) is 37.8 Å². The number of hydrogen-bond acceptors (Lipinski definition) is 4. The molecular weight excluding hydrogens is 480 g/mol. The zero-order valence-corrected chi connectivity index (χ0v) is 21.3. The molecule has 0 saturated carbocycles. The highest BCUT2D eigenvalue weighted by Gasteiger charge is 2.29. The van der Waals surface area contributed by atoms with Crippen LogP contribution >= 0.6 is 0 Å². The Morgan fingerprint density at radius 1 is 1.16 bits per heavy atom. The maximum Gasteiger partial charge on any atom is 0.318 e. The second-order valence-corrected chi connectivity index (χ2v) is 9.02. The average molecular weight is 526 g/mol. The lowest BCUT2D eigenvalue weighted by Gasteiger charge is -2.40. The largest absolute Gasteiger partial charge is 0.491 e. The first-order valence-corrected chi connectivity index (χ1v) is 12.1. The number of nitrogens with zero attached hydrogens (tertiary/aromatic N) is 2. The van der Waals surface area contributed by atoms with Crippen LogP contribution in [0.5, 0.6) is 5.75 Å². The first-order valence-electron chi connectivity index (χ1n) is 15.1. The molecule has 2 amide bonds. The Hall–Kier alpha value is -3.20. The molecule has 0 unspecified atom stereocenters. The fourth-order valence-electron chi connectivity index (χ4n) is 3.89. The number of nitrogens with one attached hydrogen (secondary N) is 1. The first kappa shape index (κ1) is 21.8. The minimum atomic E-state index is -2.71. The number of carbonyl (C=O) groups is 2. The molecule has 1 saturated heterocycles. The predicted octanol–water partition coefficient (Wildman–Crippen LogP) is 5.43. The number of piperidine rings is 1. The summed E-state index contributed by atoms with van der Waals surface area (Å²) in [4.78, 5) is 25.2. The molecule has 204 valence electrons. The van der Waals surface area contributed by atoms with E-state index in [1.165, 1.54) is 15.9 Å². The first-order chi connectivity index (χ1) is 19.9. The van der Waals surface area contributed by atoms with E-state index in [1.54, 1.807) is 12.1 Å². The zero-order chi connectivity index (χ0) is 32.5. The molecule has 0 bridgehead atoms. The van der Waals surface area contributed by atoms with E-state index in [4.69, 9.17) is 22.9 Å². The normalized spacial score (nSPS) is 17.3. The molecule has 2 aromatic rings. The summed E-state index contributed by atoms with van der Waals surface area (Å²) in [5.74, 6) is -1.64. The van der Waals surface area contributed by atoms with Crippen molar-refractivity contribution < 1.29 is 36.4 Å². The van der Waals surface area contributed by atoms with Gasteiger partial charge in [0.2, 0.25) is 0 Å². The second-order valence-electron chi connectivity index (χ2n) is 9.02. The van der Waals surface area contributed by atoms with E-state index >= 15 is 0 Å². The highest BCUT2D eigenvalue weighted by atomic mass is 19.1. The molecule has 7 nitrogen and oxygen atoms in total. The smallest absolute Gasteiger partial charge is 0.318 e. The Kier molecular flexibility index (Phi) is 8.57. The third-order valence-corrected chi connectivity index (χ3v) is 5.66. The van der Waals surface area contributed by atoms with Crippen LogP contribution in [0.1, 0.15) is 66.7 Å². The summed E-state index contributed by atoms with van der Waals surface area (Å²) in [5, 5.41) is 10.3. The molecule has 9 heteroatoms. The van der Waals surface area contributed by atoms with Gasteiger partial charge in [-0.25, -0.2) is 13.6 Å². The van der Waals surface area contributed by atoms with E-state index in [1.807, 2.05) is 26.0 Å². The van der Waals surface area contributed by atoms with Gasteiger partial charge in [-0.3, -0.25) is 4.79 Å². The number of urea groups is 1. The number of ether oxygens (including phenoxy) is 1. The highest BCUT2D eigenvalue weighted by Crippen LogP contribution is 2.22. The van der Waals surface area contributed by atoms with Crippen molar-refractivity contribution in [2.75, 3.05) is 13.1 Å². The van der Waals surface area contributed by atoms with E-state index in [0.717, 1.165) is 24.6 Å². The average Bonchev–Trinajstić information content (AvgIpc) is 2.86. The lowest BCUT2D eigenvalue weighted by Crippen LogP contribution is -2.51. The van der Waals surface area contributed by atoms with Crippen LogP contribution in [-0.4, -0.2) is 58.2 Å². The number of rotatable bonds is 8. The third kappa shape index (κ3) is 10.4. The molecule has 1 heterocycles. The quantitative estimate of drug-likeness (QED) is 0.481. The lowest BCUT2D eigenvalue weighted by molar-refractivity contribution is -0.134. The highest BCUT2D eigenvalue weighted by molar-refractivity contribution is 5.74. The number of carboxylic acid groups (broad SMARTS) is 1. The van der Waals surface area contributed by atoms with Gasteiger partial charge in [-0.1, -0.05) is 18.2 Å². The maximum absolute atomic E-state index is 14.5. The van der Waals surface area contributed by atoms with Crippen molar-refractivity contribution in [3.63, 3.8) is 0 Å². The SMILES string of the molecule is CC(=O)O.[2H]C([2H])([2H])C(N1CCC(N(Cc2ccc(F)cc2F)C(=O)NCc2ccc(OC(C)C)cc2)CC1)C([2H])([2H])[2H]. The fraction of sp³-hybridized carbons (Fsp3) is 0.500. The number of hydrogen-bond donors (Lipinski definition) is 2. The monoisotopic (exact) mass is 525 g/mol. The van der Waals surface area contributed by atoms with Gasteiger partial charge < -0.3 is 25.0 Å². The lowest BCUT2D eigenvalue weighted by atomic mass is 10.0. The van der Waals surface area contributed by atoms with Gasteiger partial charge in [-0.05, 0) is 64.2 Å². The van der Waals surface area contributed by atoms with Gasteiger partial charge >= 0.3 is 6.03 Å². The van der Waals surface area contributed by atoms with Gasteiger partial charge in [0, 0.05) is 58.5 Å². The van der Waals surface area contributed by atoms with Crippen LogP contribution < -0.4 is 10.1 Å². The van der Waals surface area contributed by atoms with Crippen molar-refractivity contribution in [2.24, 2.45) is 0 Å². The fourth-order valence-corrected chi connectivity index (χ4v) is 3.89. The number of likely N-dealkylation sites (tertiary alicyclic amines) is 1. The number of aliphatic carboxylic acids is 1. The van der Waals surface area contributed by atoms with Crippen molar-refractivity contribution in [3.05, 3.63) is 65.2 Å². The summed E-state index contributed by atoms with van der Waals surface area (Å²) in [5.41, 5.74) is 0.951. The molecule has 0 radical (unpaired) electrons. The molecule has 2 N–H and O–H groups in total. The number of halogens is 2. The summed E-state index contributed by atoms with van der Waals surface area (Å²) in [6.07, 6.45) is 0.609. The third-order valence-electron chi connectivity index (χ3n) is 5.66. The second kappa shape index (κ2) is 14.5. The van der Waals surface area contributed by atoms with Gasteiger partial charge in [0.05, 0.1) is 12.6 Å². The Morgan fingerprint density at radius 3 is 2.32 bits per heavy atom. The molecule has 0 atom stereocenters. The van der Waals surface area contributed by atoms with E-state index in [9.17, 15) is 13.6 Å². The van der Waals surface area contributed by atoms with Crippen LogP contribution in [0.25, 0.3) is 0 Å². The van der Waals surface area contributed by atoms with Gasteiger partial charge in [0.1, 0.15) is 17.4 Å². The maximum atomic E-state index is 14.5. The summed E-state index contributed by atoms with van der Waals surface area (Å²) in [6, 6.07) is 7.90. The standard InChI is InChI=1S/C26H35F2N3O2.C2H4O2/c1-18(2)30-13-11-23(12-14-30)31(17-21-7-8-22(27)15-25(21)28)26(32)29-16-20-5-9-24(10-6-20)33-19(3)4;1-2(3)4/h5-10,15,18-19,23H,11-14,16-17H2,1-4H3,(H,29,32);1H3,(H,3,4)/i1D3,2D3;. The molecule has 0 aromatic heterocycles. The Morgan fingerprint density at radius 2 is 1.78 bits per heavy atom. The molecule has 2 aromatic carbocycles. The molecule has 1 aliphatic rings. The van der Waals surface area contributed by atoms with Crippen molar-refractivity contribution in [1.29, 1.82) is 0 Å². The molecular formula is C28H39F2N3O4. The van der Waals surface area contributed by atoms with E-state index < -0.39 is 49.4 Å². The summed E-state index contributed by atoms with van der Waals surface area (Å²) in [6.45, 7) is -0.149. The van der Waals surface area contributed by atoms with Gasteiger partial charge in [-0.15, -0.1) is 0 Å². The van der Waals surface area contributed by atoms with Gasteiger partial charge in [0.15, 0.2) is 0 Å². The molecule has 1 fully saturated rings. The van der Waals surface area contributed by atoms with Crippen molar-refractivity contribution in [2.45, 2.75) is 78.6 Å². The zero-order valence-electron chi connectivity index (χ0n) is 27.3. The van der Waals surface area contributed by atoms with Crippen LogP contribution in [0.3, 0.4) is 0 Å². The molecule has 1 aliphatic heterocycles. The summed E-state index contributed by atoms with van der Waals surface area (Å²) in [7, 11) is 0. The topological polar surface area (TPSA) is 82.1 Å². The minimum absolute atomic E-state index is 0.0252.